The second-order valence-electron chi connectivity index (χ2n) is 24.5. The molecule has 332 valence electrons. The SMILES string of the molecule is CC(C)C(O)CC[C@@H](C)[C@H]1CC[C@H]2[C@@H]3CC=C4C[C@@H](O)CC[C@]4(C)[C@H]3CC[C@]12C.CC(C)CCC(O)[C@@H](C)[C@H]1CC[C@H]2[C@@H]3CC=C4C[C@@H](O)CC[C@]4(C)[C@H]3CC[C@]12C. The van der Waals surface area contributed by atoms with Crippen LogP contribution in [0.1, 0.15) is 198 Å². The van der Waals surface area contributed by atoms with Gasteiger partial charge < -0.3 is 20.4 Å². The summed E-state index contributed by atoms with van der Waals surface area (Å²) in [6.45, 7) is 23.9. The molecule has 0 aromatic heterocycles. The van der Waals surface area contributed by atoms with Gasteiger partial charge in [-0.1, -0.05) is 92.5 Å². The lowest BCUT2D eigenvalue weighted by molar-refractivity contribution is -0.0681. The predicted octanol–water partition coefficient (Wildman–Crippen LogP) is 12.7. The van der Waals surface area contributed by atoms with Crippen LogP contribution in [-0.2, 0) is 0 Å². The Hall–Kier alpha value is -0.680. The second-order valence-corrected chi connectivity index (χ2v) is 24.5. The molecule has 8 rings (SSSR count). The summed E-state index contributed by atoms with van der Waals surface area (Å²) in [5.41, 5.74) is 4.77. The molecule has 8 aliphatic rings. The van der Waals surface area contributed by atoms with Crippen LogP contribution in [0.2, 0.25) is 0 Å². The molecule has 0 saturated heterocycles. The largest absolute Gasteiger partial charge is 0.393 e. The van der Waals surface area contributed by atoms with Crippen LogP contribution >= 0.6 is 0 Å². The molecule has 4 heteroatoms. The van der Waals surface area contributed by atoms with Gasteiger partial charge in [0, 0.05) is 0 Å². The first kappa shape index (κ1) is 45.3. The standard InChI is InChI=1S/2C27H46O2/c1-17(2)25(29)11-6-18(3)22-9-10-23-21-8-7-19-16-20(28)12-14-26(19,4)24(21)13-15-27(22,23)5;1-17(2)6-11-25(29)18(3)22-9-10-23-21-8-7-19-16-20(28)12-14-26(19,4)24(21)13-15-27(22,23)5/h2*7,17-18,20-25,28-29H,6,8-16H2,1-5H3/t18-,20+,21+,22-,23+,24+,25?,26+,27-;18-,20-,21-,22+,23-,24-,25?,26-,27+/m10/s1. The summed E-state index contributed by atoms with van der Waals surface area (Å²) in [7, 11) is 0. The van der Waals surface area contributed by atoms with E-state index in [-0.39, 0.29) is 24.4 Å². The van der Waals surface area contributed by atoms with E-state index < -0.39 is 0 Å². The Labute approximate surface area is 357 Å². The summed E-state index contributed by atoms with van der Waals surface area (Å²) < 4.78 is 0. The molecule has 0 aliphatic heterocycles. The fraction of sp³-hybridized carbons (Fsp3) is 0.926. The van der Waals surface area contributed by atoms with Crippen molar-refractivity contribution in [3.05, 3.63) is 23.3 Å². The third-order valence-corrected chi connectivity index (χ3v) is 21.0. The summed E-state index contributed by atoms with van der Waals surface area (Å²) in [5.74, 6) is 8.76. The second kappa shape index (κ2) is 17.5. The van der Waals surface area contributed by atoms with E-state index in [1.807, 2.05) is 0 Å². The maximum absolute atomic E-state index is 11.0. The molecule has 4 N–H and O–H groups in total. The lowest BCUT2D eigenvalue weighted by Gasteiger charge is -2.58. The Balaban J connectivity index is 0.000000177. The van der Waals surface area contributed by atoms with Gasteiger partial charge in [0.15, 0.2) is 0 Å². The van der Waals surface area contributed by atoms with Gasteiger partial charge in [0.2, 0.25) is 0 Å². The third kappa shape index (κ3) is 8.17. The number of hydrogen-bond acceptors (Lipinski definition) is 4. The zero-order chi connectivity index (χ0) is 41.9. The average molecular weight is 805 g/mol. The predicted molar refractivity (Wildman–Crippen MR) is 241 cm³/mol. The number of allylic oxidation sites excluding steroid dienone is 2. The van der Waals surface area contributed by atoms with Crippen LogP contribution < -0.4 is 0 Å². The molecule has 18 atom stereocenters. The van der Waals surface area contributed by atoms with Gasteiger partial charge in [-0.2, -0.15) is 0 Å². The molecule has 6 saturated carbocycles. The van der Waals surface area contributed by atoms with Gasteiger partial charge in [0.1, 0.15) is 0 Å². The fourth-order valence-corrected chi connectivity index (χ4v) is 17.2. The van der Waals surface area contributed by atoms with Gasteiger partial charge in [-0.15, -0.1) is 0 Å². The van der Waals surface area contributed by atoms with Gasteiger partial charge >= 0.3 is 0 Å². The first-order chi connectivity index (χ1) is 27.3. The zero-order valence-corrected chi connectivity index (χ0v) is 39.3. The highest BCUT2D eigenvalue weighted by Gasteiger charge is 2.61. The van der Waals surface area contributed by atoms with Crippen molar-refractivity contribution in [3.8, 4) is 0 Å². The minimum absolute atomic E-state index is 0.0994. The summed E-state index contributed by atoms with van der Waals surface area (Å²) in [6, 6.07) is 0. The van der Waals surface area contributed by atoms with E-state index in [0.717, 1.165) is 92.3 Å². The van der Waals surface area contributed by atoms with Crippen molar-refractivity contribution < 1.29 is 20.4 Å². The summed E-state index contributed by atoms with van der Waals surface area (Å²) in [5, 5.41) is 41.7. The van der Waals surface area contributed by atoms with Crippen molar-refractivity contribution in [2.75, 3.05) is 0 Å². The van der Waals surface area contributed by atoms with Crippen LogP contribution in [0.3, 0.4) is 0 Å². The lowest BCUT2D eigenvalue weighted by atomic mass is 9.47. The van der Waals surface area contributed by atoms with Crippen molar-refractivity contribution in [3.63, 3.8) is 0 Å². The molecule has 8 aliphatic carbocycles. The van der Waals surface area contributed by atoms with Gasteiger partial charge in [0.25, 0.3) is 0 Å². The normalized spacial score (nSPS) is 46.5. The molecule has 6 fully saturated rings. The van der Waals surface area contributed by atoms with Gasteiger partial charge in [-0.05, 0) is 221 Å². The van der Waals surface area contributed by atoms with Crippen LogP contribution in [0.5, 0.6) is 0 Å². The van der Waals surface area contributed by atoms with Crippen LogP contribution in [0.15, 0.2) is 23.3 Å². The van der Waals surface area contributed by atoms with Crippen LogP contribution in [-0.4, -0.2) is 44.8 Å². The molecule has 4 nitrogen and oxygen atoms in total. The third-order valence-electron chi connectivity index (χ3n) is 21.0. The van der Waals surface area contributed by atoms with Crippen molar-refractivity contribution in [1.29, 1.82) is 0 Å². The maximum atomic E-state index is 11.0. The number of rotatable bonds is 10. The van der Waals surface area contributed by atoms with Crippen LogP contribution in [0.25, 0.3) is 0 Å². The Morgan fingerprint density at radius 3 is 1.48 bits per heavy atom. The number of hydrogen-bond donors (Lipinski definition) is 4. The number of fused-ring (bicyclic) bond motifs is 10. The van der Waals surface area contributed by atoms with Crippen LogP contribution in [0.4, 0.5) is 0 Å². The Morgan fingerprint density at radius 2 is 1.00 bits per heavy atom. The quantitative estimate of drug-likeness (QED) is 0.166. The van der Waals surface area contributed by atoms with Gasteiger partial charge in [0.05, 0.1) is 24.4 Å². The Morgan fingerprint density at radius 1 is 0.534 bits per heavy atom. The van der Waals surface area contributed by atoms with Crippen molar-refractivity contribution >= 4 is 0 Å². The molecule has 0 aromatic carbocycles. The average Bonchev–Trinajstić information content (AvgIpc) is 3.73. The molecule has 0 spiro atoms. The minimum atomic E-state index is -0.137. The molecule has 0 aromatic rings. The lowest BCUT2D eigenvalue weighted by Crippen LogP contribution is -2.51. The molecule has 58 heavy (non-hydrogen) atoms. The maximum Gasteiger partial charge on any atom is 0.0577 e. The van der Waals surface area contributed by atoms with E-state index in [2.05, 4.69) is 81.4 Å². The minimum Gasteiger partial charge on any atom is -0.393 e. The summed E-state index contributed by atoms with van der Waals surface area (Å²) in [6.07, 6.45) is 28.6. The topological polar surface area (TPSA) is 80.9 Å². The van der Waals surface area contributed by atoms with Gasteiger partial charge in [-0.25, -0.2) is 0 Å². The van der Waals surface area contributed by atoms with Crippen molar-refractivity contribution in [2.45, 2.75) is 222 Å². The fourth-order valence-electron chi connectivity index (χ4n) is 17.2. The smallest absolute Gasteiger partial charge is 0.0577 e. The molecule has 0 heterocycles. The summed E-state index contributed by atoms with van der Waals surface area (Å²) >= 11 is 0. The zero-order valence-electron chi connectivity index (χ0n) is 39.3. The first-order valence-electron chi connectivity index (χ1n) is 25.4. The van der Waals surface area contributed by atoms with Crippen molar-refractivity contribution in [1.82, 2.24) is 0 Å². The highest BCUT2D eigenvalue weighted by molar-refractivity contribution is 5.27. The first-order valence-corrected chi connectivity index (χ1v) is 25.4. The highest BCUT2D eigenvalue weighted by atomic mass is 16.3. The van der Waals surface area contributed by atoms with Crippen LogP contribution in [0, 0.1) is 92.7 Å². The number of aliphatic hydroxyl groups excluding tert-OH is 4. The molecule has 2 unspecified atom stereocenters. The van der Waals surface area contributed by atoms with E-state index in [1.54, 1.807) is 11.1 Å². The highest BCUT2D eigenvalue weighted by Crippen LogP contribution is 2.69. The molecule has 0 radical (unpaired) electrons. The van der Waals surface area contributed by atoms with Crippen molar-refractivity contribution in [2.24, 2.45) is 92.7 Å². The monoisotopic (exact) mass is 805 g/mol. The molecular formula is C54H92O4. The van der Waals surface area contributed by atoms with E-state index >= 15 is 0 Å². The molecule has 0 bridgehead atoms. The van der Waals surface area contributed by atoms with E-state index in [4.69, 9.17) is 0 Å². The van der Waals surface area contributed by atoms with E-state index in [0.29, 0.717) is 45.3 Å². The van der Waals surface area contributed by atoms with Gasteiger partial charge in [-0.3, -0.25) is 0 Å². The van der Waals surface area contributed by atoms with E-state index in [9.17, 15) is 20.4 Å². The Kier molecular flexibility index (Phi) is 13.7. The molecular weight excluding hydrogens is 713 g/mol. The Bertz CT molecular complexity index is 1460. The number of aliphatic hydroxyl groups is 4. The summed E-state index contributed by atoms with van der Waals surface area (Å²) in [4.78, 5) is 0. The van der Waals surface area contributed by atoms with E-state index in [1.165, 1.54) is 83.5 Å². The molecule has 0 amide bonds.